The van der Waals surface area contributed by atoms with E-state index in [1.54, 1.807) is 18.2 Å². The molecule has 3 nitrogen and oxygen atoms in total. The first-order valence-electron chi connectivity index (χ1n) is 6.77. The predicted octanol–water partition coefficient (Wildman–Crippen LogP) is 5.19. The minimum Gasteiger partial charge on any atom is -0.424 e. The Morgan fingerprint density at radius 3 is 1.88 bits per heavy atom. The van der Waals surface area contributed by atoms with E-state index in [-0.39, 0.29) is 11.9 Å². The summed E-state index contributed by atoms with van der Waals surface area (Å²) in [7, 11) is -3.84. The zero-order valence-corrected chi connectivity index (χ0v) is 13.3. The molecule has 0 saturated heterocycles. The van der Waals surface area contributed by atoms with E-state index in [0.29, 0.717) is 0 Å². The van der Waals surface area contributed by atoms with E-state index in [2.05, 4.69) is 0 Å². The van der Waals surface area contributed by atoms with Gasteiger partial charge in [0.1, 0.15) is 5.75 Å². The zero-order chi connectivity index (χ0) is 17.9. The first kappa shape index (κ1) is 18.4. The molecule has 0 aromatic heterocycles. The smallest absolute Gasteiger partial charge is 0.379 e. The Morgan fingerprint density at radius 1 is 0.875 bits per heavy atom. The van der Waals surface area contributed by atoms with Crippen LogP contribution in [0.1, 0.15) is 12.5 Å². The highest BCUT2D eigenvalue weighted by Crippen LogP contribution is 2.48. The van der Waals surface area contributed by atoms with Crippen molar-refractivity contribution < 1.29 is 35.6 Å². The van der Waals surface area contributed by atoms with Crippen LogP contribution in [0.3, 0.4) is 0 Å². The van der Waals surface area contributed by atoms with Gasteiger partial charge in [-0.2, -0.15) is 0 Å². The second kappa shape index (κ2) is 7.32. The normalized spacial score (nSPS) is 13.6. The topological polar surface area (TPSA) is 35.5 Å². The van der Waals surface area contributed by atoms with Crippen molar-refractivity contribution in [3.05, 3.63) is 65.0 Å². The molecule has 0 heterocycles. The maximum absolute atomic E-state index is 13.6. The number of hydrogen-bond acceptors (Lipinski definition) is 3. The van der Waals surface area contributed by atoms with Gasteiger partial charge < -0.3 is 4.52 Å². The molecular weight excluding hydrogens is 354 g/mol. The zero-order valence-electron chi connectivity index (χ0n) is 12.4. The van der Waals surface area contributed by atoms with Gasteiger partial charge in [-0.1, -0.05) is 25.1 Å². The van der Waals surface area contributed by atoms with Gasteiger partial charge in [-0.05, 0) is 12.1 Å². The molecule has 24 heavy (non-hydrogen) atoms. The molecule has 0 aliphatic heterocycles. The summed E-state index contributed by atoms with van der Waals surface area (Å²) in [5.74, 6) is -10.3. The van der Waals surface area contributed by atoms with Crippen LogP contribution in [0.25, 0.3) is 0 Å². The fourth-order valence-corrected chi connectivity index (χ4v) is 2.90. The second-order valence-corrected chi connectivity index (χ2v) is 6.95. The Hall–Kier alpha value is -1.92. The maximum atomic E-state index is 13.6. The monoisotopic (exact) mass is 366 g/mol. The van der Waals surface area contributed by atoms with Gasteiger partial charge in [0.05, 0.1) is 18.3 Å². The Bertz CT molecular complexity index is 753. The Kier molecular flexibility index (Phi) is 5.62. The minimum atomic E-state index is -3.84. The lowest BCUT2D eigenvalue weighted by Gasteiger charge is -2.18. The quantitative estimate of drug-likeness (QED) is 0.305. The van der Waals surface area contributed by atoms with Crippen LogP contribution in [0, 0.1) is 29.1 Å². The van der Waals surface area contributed by atoms with Crippen molar-refractivity contribution in [1.29, 1.82) is 0 Å². The molecule has 0 bridgehead atoms. The summed E-state index contributed by atoms with van der Waals surface area (Å²) in [5.41, 5.74) is -1.21. The summed E-state index contributed by atoms with van der Waals surface area (Å²) in [6.45, 7) is 0.339. The molecule has 0 aliphatic rings. The fraction of sp³-hybridized carbons (Fsp3) is 0.200. The highest BCUT2D eigenvalue weighted by molar-refractivity contribution is 7.54. The number of rotatable bonds is 6. The SMILES string of the molecule is CCP(=O)(OCc1c(F)c(F)c(F)c(F)c1F)Oc1ccccc1. The summed E-state index contributed by atoms with van der Waals surface area (Å²) >= 11 is 0. The molecule has 0 N–H and O–H groups in total. The van der Waals surface area contributed by atoms with E-state index < -0.39 is 48.9 Å². The number of hydrogen-bond donors (Lipinski definition) is 0. The number of benzene rings is 2. The highest BCUT2D eigenvalue weighted by Gasteiger charge is 2.29. The van der Waals surface area contributed by atoms with Crippen LogP contribution in [0.5, 0.6) is 5.75 Å². The third-order valence-electron chi connectivity index (χ3n) is 3.08. The molecule has 9 heteroatoms. The molecule has 130 valence electrons. The molecule has 0 radical (unpaired) electrons. The van der Waals surface area contributed by atoms with Gasteiger partial charge in [0.25, 0.3) is 0 Å². The van der Waals surface area contributed by atoms with Gasteiger partial charge in [0.2, 0.25) is 5.82 Å². The van der Waals surface area contributed by atoms with Crippen molar-refractivity contribution in [1.82, 2.24) is 0 Å². The van der Waals surface area contributed by atoms with Crippen LogP contribution in [-0.2, 0) is 15.7 Å². The Morgan fingerprint density at radius 2 is 1.38 bits per heavy atom. The van der Waals surface area contributed by atoms with Crippen molar-refractivity contribution in [3.63, 3.8) is 0 Å². The molecule has 0 spiro atoms. The molecule has 2 rings (SSSR count). The van der Waals surface area contributed by atoms with Gasteiger partial charge in [0, 0.05) is 0 Å². The Balaban J connectivity index is 2.24. The molecule has 2 aromatic carbocycles. The Labute approximate surface area is 134 Å². The molecule has 2 aromatic rings. The van der Waals surface area contributed by atoms with E-state index in [4.69, 9.17) is 9.05 Å². The van der Waals surface area contributed by atoms with E-state index in [1.807, 2.05) is 0 Å². The average Bonchev–Trinajstić information content (AvgIpc) is 2.59. The average molecular weight is 366 g/mol. The van der Waals surface area contributed by atoms with Gasteiger partial charge in [-0.25, -0.2) is 26.5 Å². The molecular formula is C15H12F5O3P. The van der Waals surface area contributed by atoms with Gasteiger partial charge in [0.15, 0.2) is 23.3 Å². The first-order valence-corrected chi connectivity index (χ1v) is 8.50. The summed E-state index contributed by atoms with van der Waals surface area (Å²) in [4.78, 5) is 0. The van der Waals surface area contributed by atoms with Gasteiger partial charge in [-0.15, -0.1) is 0 Å². The van der Waals surface area contributed by atoms with Crippen LogP contribution in [-0.4, -0.2) is 6.16 Å². The summed E-state index contributed by atoms with van der Waals surface area (Å²) in [6.07, 6.45) is -0.169. The molecule has 1 unspecified atom stereocenters. The standard InChI is InChI=1S/C15H12F5O3P/c1-2-24(21,23-9-6-4-3-5-7-9)22-8-10-11(16)13(18)15(20)14(19)12(10)17/h3-7H,2,8H2,1H3. The van der Waals surface area contributed by atoms with Crippen LogP contribution in [0.15, 0.2) is 30.3 Å². The van der Waals surface area contributed by atoms with Crippen molar-refractivity contribution in [2.75, 3.05) is 6.16 Å². The summed E-state index contributed by atoms with van der Waals surface area (Å²) in [5, 5.41) is 0. The fourth-order valence-electron chi connectivity index (χ4n) is 1.76. The van der Waals surface area contributed by atoms with E-state index in [9.17, 15) is 26.5 Å². The molecule has 0 aliphatic carbocycles. The molecule has 0 fully saturated rings. The largest absolute Gasteiger partial charge is 0.424 e. The first-order chi connectivity index (χ1) is 11.3. The lowest BCUT2D eigenvalue weighted by Crippen LogP contribution is -2.09. The predicted molar refractivity (Wildman–Crippen MR) is 76.2 cm³/mol. The molecule has 0 saturated carbocycles. The second-order valence-electron chi connectivity index (χ2n) is 4.65. The van der Waals surface area contributed by atoms with Crippen molar-refractivity contribution >= 4 is 7.60 Å². The van der Waals surface area contributed by atoms with Crippen molar-refractivity contribution in [2.24, 2.45) is 0 Å². The third kappa shape index (κ3) is 3.76. The third-order valence-corrected chi connectivity index (χ3v) is 4.87. The summed E-state index contributed by atoms with van der Waals surface area (Å²) in [6, 6.07) is 7.83. The van der Waals surface area contributed by atoms with Crippen LogP contribution in [0.2, 0.25) is 0 Å². The minimum absolute atomic E-state index is 0.169. The van der Waals surface area contributed by atoms with Crippen molar-refractivity contribution in [3.8, 4) is 5.75 Å². The van der Waals surface area contributed by atoms with Crippen LogP contribution < -0.4 is 4.52 Å². The highest BCUT2D eigenvalue weighted by atomic mass is 31.2. The van der Waals surface area contributed by atoms with E-state index >= 15 is 0 Å². The maximum Gasteiger partial charge on any atom is 0.379 e. The summed E-state index contributed by atoms with van der Waals surface area (Å²) < 4.78 is 88.9. The van der Waals surface area contributed by atoms with Gasteiger partial charge >= 0.3 is 7.60 Å². The lowest BCUT2D eigenvalue weighted by atomic mass is 10.2. The molecule has 0 amide bonds. The van der Waals surface area contributed by atoms with E-state index in [0.717, 1.165) is 0 Å². The lowest BCUT2D eigenvalue weighted by molar-refractivity contribution is 0.242. The van der Waals surface area contributed by atoms with E-state index in [1.165, 1.54) is 19.1 Å². The van der Waals surface area contributed by atoms with Crippen LogP contribution in [0.4, 0.5) is 22.0 Å². The van der Waals surface area contributed by atoms with Crippen molar-refractivity contribution in [2.45, 2.75) is 13.5 Å². The molecule has 1 atom stereocenters. The van der Waals surface area contributed by atoms with Gasteiger partial charge in [-0.3, -0.25) is 4.52 Å². The number of para-hydroxylation sites is 1. The van der Waals surface area contributed by atoms with Crippen LogP contribution >= 0.6 is 7.60 Å². The number of halogens is 5.